The van der Waals surface area contributed by atoms with Crippen LogP contribution in [0.4, 0.5) is 5.69 Å². The van der Waals surface area contributed by atoms with Crippen LogP contribution >= 0.6 is 15.9 Å². The number of aromatic nitrogens is 2. The molecule has 0 aliphatic rings. The van der Waals surface area contributed by atoms with Crippen LogP contribution in [0.2, 0.25) is 0 Å². The molecule has 0 aromatic carbocycles. The molecule has 0 amide bonds. The molecule has 3 aromatic heterocycles. The second-order valence-corrected chi connectivity index (χ2v) is 4.54. The van der Waals surface area contributed by atoms with E-state index in [1.807, 2.05) is 34.9 Å². The number of imidazole rings is 1. The third-order valence-electron chi connectivity index (χ3n) is 2.60. The van der Waals surface area contributed by atoms with Gasteiger partial charge in [-0.15, -0.1) is 0 Å². The van der Waals surface area contributed by atoms with E-state index < -0.39 is 0 Å². The third kappa shape index (κ3) is 1.82. The molecule has 0 fully saturated rings. The van der Waals surface area contributed by atoms with Crippen molar-refractivity contribution in [3.8, 4) is 0 Å². The van der Waals surface area contributed by atoms with Crippen LogP contribution in [0, 0.1) is 0 Å². The topological polar surface area (TPSA) is 56.5 Å². The molecule has 0 aliphatic carbocycles. The van der Waals surface area contributed by atoms with Crippen LogP contribution in [0.15, 0.2) is 45.7 Å². The Morgan fingerprint density at radius 1 is 1.35 bits per heavy atom. The van der Waals surface area contributed by atoms with E-state index in [2.05, 4.69) is 20.9 Å². The zero-order valence-corrected chi connectivity index (χ0v) is 10.5. The summed E-state index contributed by atoms with van der Waals surface area (Å²) in [6, 6.07) is 7.60. The van der Waals surface area contributed by atoms with Crippen molar-refractivity contribution in [3.05, 3.63) is 52.9 Å². The minimum Gasteiger partial charge on any atom is -0.469 e. The van der Waals surface area contributed by atoms with Crippen LogP contribution in [0.5, 0.6) is 0 Å². The Kier molecular flexibility index (Phi) is 2.40. The highest BCUT2D eigenvalue weighted by Crippen LogP contribution is 2.22. The third-order valence-corrected chi connectivity index (χ3v) is 3.18. The minimum atomic E-state index is 0.642. The second kappa shape index (κ2) is 3.92. The van der Waals surface area contributed by atoms with Crippen LogP contribution in [0.1, 0.15) is 11.6 Å². The Labute approximate surface area is 106 Å². The van der Waals surface area contributed by atoms with Crippen molar-refractivity contribution in [1.82, 2.24) is 9.38 Å². The van der Waals surface area contributed by atoms with Crippen LogP contribution in [0.3, 0.4) is 0 Å². The summed E-state index contributed by atoms with van der Waals surface area (Å²) in [6.45, 7) is 0. The lowest BCUT2D eigenvalue weighted by atomic mass is 10.3. The van der Waals surface area contributed by atoms with Gasteiger partial charge in [-0.05, 0) is 40.2 Å². The number of fused-ring (bicyclic) bond motifs is 1. The van der Waals surface area contributed by atoms with E-state index in [4.69, 9.17) is 10.2 Å². The van der Waals surface area contributed by atoms with E-state index in [0.29, 0.717) is 12.1 Å². The molecule has 0 radical (unpaired) electrons. The summed E-state index contributed by atoms with van der Waals surface area (Å²) in [7, 11) is 0. The zero-order valence-electron chi connectivity index (χ0n) is 8.93. The van der Waals surface area contributed by atoms with Crippen LogP contribution in [-0.4, -0.2) is 9.38 Å². The quantitative estimate of drug-likeness (QED) is 0.790. The number of pyridine rings is 1. The molecule has 0 saturated heterocycles. The molecule has 0 unspecified atom stereocenters. The molecule has 4 nitrogen and oxygen atoms in total. The lowest BCUT2D eigenvalue weighted by Gasteiger charge is -2.00. The maximum absolute atomic E-state index is 5.79. The highest BCUT2D eigenvalue weighted by Gasteiger charge is 2.10. The van der Waals surface area contributed by atoms with Gasteiger partial charge >= 0.3 is 0 Å². The molecule has 0 aliphatic heterocycles. The number of halogens is 1. The van der Waals surface area contributed by atoms with Crippen molar-refractivity contribution in [2.75, 3.05) is 5.73 Å². The van der Waals surface area contributed by atoms with Crippen molar-refractivity contribution in [2.45, 2.75) is 6.42 Å². The van der Waals surface area contributed by atoms with Gasteiger partial charge in [-0.25, -0.2) is 4.98 Å². The lowest BCUT2D eigenvalue weighted by molar-refractivity contribution is 0.516. The molecule has 5 heteroatoms. The predicted molar refractivity (Wildman–Crippen MR) is 68.8 cm³/mol. The fourth-order valence-corrected chi connectivity index (χ4v) is 2.34. The first kappa shape index (κ1) is 10.4. The zero-order chi connectivity index (χ0) is 11.8. The largest absolute Gasteiger partial charge is 0.469 e. The Morgan fingerprint density at radius 3 is 3.00 bits per heavy atom. The molecular formula is C12H10BrN3O. The number of furan rings is 1. The van der Waals surface area contributed by atoms with E-state index in [0.717, 1.165) is 21.7 Å². The number of anilines is 1. The monoisotopic (exact) mass is 291 g/mol. The van der Waals surface area contributed by atoms with Gasteiger partial charge < -0.3 is 14.6 Å². The molecule has 2 N–H and O–H groups in total. The first-order valence-electron chi connectivity index (χ1n) is 5.18. The SMILES string of the molecule is Nc1ccc2c(Br)nc(Cc3ccco3)n2c1. The van der Waals surface area contributed by atoms with Crippen molar-refractivity contribution in [2.24, 2.45) is 0 Å². The molecule has 0 saturated carbocycles. The maximum atomic E-state index is 5.79. The number of nitrogens with two attached hydrogens (primary N) is 1. The Morgan fingerprint density at radius 2 is 2.24 bits per heavy atom. The van der Waals surface area contributed by atoms with E-state index in [9.17, 15) is 0 Å². The summed E-state index contributed by atoms with van der Waals surface area (Å²) in [5.41, 5.74) is 7.50. The highest BCUT2D eigenvalue weighted by molar-refractivity contribution is 9.10. The molecule has 0 atom stereocenters. The first-order valence-corrected chi connectivity index (χ1v) is 5.97. The standard InChI is InChI=1S/C12H10BrN3O/c13-12-10-4-3-8(14)7-16(10)11(15-12)6-9-2-1-5-17-9/h1-5,7H,6,14H2. The molecule has 3 heterocycles. The molecule has 0 spiro atoms. The van der Waals surface area contributed by atoms with Gasteiger partial charge in [0, 0.05) is 11.9 Å². The number of hydrogen-bond donors (Lipinski definition) is 1. The number of rotatable bonds is 2. The average molecular weight is 292 g/mol. The van der Waals surface area contributed by atoms with Gasteiger partial charge in [0.15, 0.2) is 0 Å². The average Bonchev–Trinajstić information content (AvgIpc) is 2.89. The van der Waals surface area contributed by atoms with E-state index in [1.54, 1.807) is 6.26 Å². The van der Waals surface area contributed by atoms with E-state index in [1.165, 1.54) is 0 Å². The van der Waals surface area contributed by atoms with Gasteiger partial charge in [-0.2, -0.15) is 0 Å². The van der Waals surface area contributed by atoms with Gasteiger partial charge in [0.05, 0.1) is 18.2 Å². The predicted octanol–water partition coefficient (Wildman–Crippen LogP) is 2.86. The van der Waals surface area contributed by atoms with Gasteiger partial charge in [0.1, 0.15) is 16.2 Å². The summed E-state index contributed by atoms with van der Waals surface area (Å²) < 4.78 is 8.12. The van der Waals surface area contributed by atoms with Gasteiger partial charge in [-0.3, -0.25) is 0 Å². The summed E-state index contributed by atoms with van der Waals surface area (Å²) in [4.78, 5) is 4.47. The molecule has 86 valence electrons. The van der Waals surface area contributed by atoms with Gasteiger partial charge in [0.2, 0.25) is 0 Å². The summed E-state index contributed by atoms with van der Waals surface area (Å²) in [5, 5.41) is 0. The van der Waals surface area contributed by atoms with Gasteiger partial charge in [0.25, 0.3) is 0 Å². The van der Waals surface area contributed by atoms with Crippen molar-refractivity contribution < 1.29 is 4.42 Å². The fourth-order valence-electron chi connectivity index (χ4n) is 1.82. The van der Waals surface area contributed by atoms with Crippen LogP contribution in [-0.2, 0) is 6.42 Å². The highest BCUT2D eigenvalue weighted by atomic mass is 79.9. The molecule has 3 aromatic rings. The minimum absolute atomic E-state index is 0.642. The Balaban J connectivity index is 2.13. The van der Waals surface area contributed by atoms with Gasteiger partial charge in [-0.1, -0.05) is 0 Å². The second-order valence-electron chi connectivity index (χ2n) is 3.79. The molecule has 17 heavy (non-hydrogen) atoms. The number of nitrogens with zero attached hydrogens (tertiary/aromatic N) is 2. The summed E-state index contributed by atoms with van der Waals surface area (Å²) in [6.07, 6.45) is 4.17. The maximum Gasteiger partial charge on any atom is 0.132 e. The van der Waals surface area contributed by atoms with Crippen molar-refractivity contribution in [3.63, 3.8) is 0 Å². The Bertz CT molecular complexity index is 658. The molecule has 0 bridgehead atoms. The summed E-state index contributed by atoms with van der Waals surface area (Å²) in [5.74, 6) is 1.78. The van der Waals surface area contributed by atoms with Crippen molar-refractivity contribution in [1.29, 1.82) is 0 Å². The van der Waals surface area contributed by atoms with Crippen LogP contribution in [0.25, 0.3) is 5.52 Å². The number of hydrogen-bond acceptors (Lipinski definition) is 3. The van der Waals surface area contributed by atoms with E-state index >= 15 is 0 Å². The first-order chi connectivity index (χ1) is 8.24. The Hall–Kier alpha value is -1.75. The molecule has 3 rings (SSSR count). The van der Waals surface area contributed by atoms with Crippen LogP contribution < -0.4 is 5.73 Å². The van der Waals surface area contributed by atoms with Crippen molar-refractivity contribution >= 4 is 27.1 Å². The normalized spacial score (nSPS) is 11.1. The van der Waals surface area contributed by atoms with E-state index in [-0.39, 0.29) is 0 Å². The molecular weight excluding hydrogens is 282 g/mol. The fraction of sp³-hybridized carbons (Fsp3) is 0.0833. The lowest BCUT2D eigenvalue weighted by Crippen LogP contribution is -1.97. The number of nitrogen functional groups attached to an aromatic ring is 1. The smallest absolute Gasteiger partial charge is 0.132 e. The summed E-state index contributed by atoms with van der Waals surface area (Å²) >= 11 is 3.44.